The van der Waals surface area contributed by atoms with E-state index in [0.29, 0.717) is 28.0 Å². The zero-order valence-electron chi connectivity index (χ0n) is 23.5. The van der Waals surface area contributed by atoms with Crippen molar-refractivity contribution in [3.63, 3.8) is 0 Å². The number of ketones is 2. The van der Waals surface area contributed by atoms with Crippen LogP contribution in [0.15, 0.2) is 71.5 Å². The van der Waals surface area contributed by atoms with Crippen LogP contribution in [-0.4, -0.2) is 28.6 Å². The summed E-state index contributed by atoms with van der Waals surface area (Å²) in [5, 5.41) is 0.0568. The second-order valence-corrected chi connectivity index (χ2v) is 10.7. The van der Waals surface area contributed by atoms with Gasteiger partial charge in [-0.05, 0) is 79.4 Å². The summed E-state index contributed by atoms with van der Waals surface area (Å²) in [6.07, 6.45) is 6.93. The third-order valence-electron chi connectivity index (χ3n) is 8.10. The molecule has 42 heavy (non-hydrogen) atoms. The number of carbonyl (C=O) groups excluding carboxylic acids is 2. The molecular weight excluding hydrogens is 538 g/mol. The Hall–Kier alpha value is -4.72. The van der Waals surface area contributed by atoms with Gasteiger partial charge in [-0.25, -0.2) is 8.78 Å². The van der Waals surface area contributed by atoms with Gasteiger partial charge < -0.3 is 9.15 Å². The van der Waals surface area contributed by atoms with E-state index < -0.39 is 11.6 Å². The number of Topliss-reactive ketones (excluding diaryl/α,β-unsaturated/α-hetero) is 2. The van der Waals surface area contributed by atoms with Gasteiger partial charge in [0.2, 0.25) is 0 Å². The Morgan fingerprint density at radius 2 is 1.76 bits per heavy atom. The number of rotatable bonds is 9. The van der Waals surface area contributed by atoms with Gasteiger partial charge in [-0.2, -0.15) is 0 Å². The molecule has 1 saturated carbocycles. The molecule has 0 unspecified atom stereocenters. The van der Waals surface area contributed by atoms with Gasteiger partial charge in [0, 0.05) is 48.0 Å². The molecule has 6 rings (SSSR count). The Bertz CT molecular complexity index is 1840. The van der Waals surface area contributed by atoms with E-state index in [1.54, 1.807) is 49.8 Å². The van der Waals surface area contributed by atoms with E-state index in [1.807, 2.05) is 6.92 Å². The number of nitrogens with zero attached hydrogens (tertiary/aromatic N) is 2. The van der Waals surface area contributed by atoms with Crippen molar-refractivity contribution < 1.29 is 27.5 Å². The van der Waals surface area contributed by atoms with E-state index in [1.165, 1.54) is 31.4 Å². The fourth-order valence-electron chi connectivity index (χ4n) is 5.61. The number of hydrogen-bond donors (Lipinski definition) is 0. The Balaban J connectivity index is 1.47. The van der Waals surface area contributed by atoms with Gasteiger partial charge in [0.15, 0.2) is 11.6 Å². The highest BCUT2D eigenvalue weighted by Crippen LogP contribution is 2.51. The molecule has 0 aliphatic heterocycles. The van der Waals surface area contributed by atoms with E-state index in [-0.39, 0.29) is 57.7 Å². The molecule has 6 nitrogen and oxygen atoms in total. The summed E-state index contributed by atoms with van der Waals surface area (Å²) >= 11 is 0. The molecular formula is C34H28F2N2O4. The fraction of sp³-hybridized carbons (Fsp3) is 0.235. The Morgan fingerprint density at radius 1 is 1.00 bits per heavy atom. The molecule has 1 aliphatic rings. The number of aromatic nitrogens is 2. The number of halogens is 2. The first-order valence-corrected chi connectivity index (χ1v) is 13.8. The lowest BCUT2D eigenvalue weighted by Crippen LogP contribution is -2.16. The topological polar surface area (TPSA) is 82.3 Å². The Labute approximate surface area is 241 Å². The Morgan fingerprint density at radius 3 is 2.40 bits per heavy atom. The van der Waals surface area contributed by atoms with Crippen molar-refractivity contribution in [1.29, 1.82) is 0 Å². The first-order valence-electron chi connectivity index (χ1n) is 13.8. The third kappa shape index (κ3) is 4.66. The van der Waals surface area contributed by atoms with Crippen LogP contribution in [-0.2, 0) is 5.41 Å². The van der Waals surface area contributed by atoms with Gasteiger partial charge >= 0.3 is 0 Å². The van der Waals surface area contributed by atoms with Crippen LogP contribution in [0.3, 0.4) is 0 Å². The van der Waals surface area contributed by atoms with Crippen LogP contribution in [0.5, 0.6) is 5.75 Å². The van der Waals surface area contributed by atoms with Crippen LogP contribution >= 0.6 is 0 Å². The summed E-state index contributed by atoms with van der Waals surface area (Å²) in [4.78, 5) is 35.4. The summed E-state index contributed by atoms with van der Waals surface area (Å²) in [6, 6.07) is 12.1. The number of carbonyl (C=O) groups is 2. The average Bonchev–Trinajstić information content (AvgIpc) is 3.68. The predicted octanol–water partition coefficient (Wildman–Crippen LogP) is 8.05. The van der Waals surface area contributed by atoms with Gasteiger partial charge in [-0.15, -0.1) is 0 Å². The molecule has 1 aliphatic carbocycles. The van der Waals surface area contributed by atoms with Gasteiger partial charge in [0.25, 0.3) is 0 Å². The van der Waals surface area contributed by atoms with Crippen molar-refractivity contribution in [3.8, 4) is 28.2 Å². The normalized spacial score (nSPS) is 13.7. The monoisotopic (exact) mass is 566 g/mol. The van der Waals surface area contributed by atoms with Crippen molar-refractivity contribution in [1.82, 2.24) is 9.97 Å². The minimum atomic E-state index is -0.633. The first-order chi connectivity index (χ1) is 20.3. The average molecular weight is 567 g/mol. The van der Waals surface area contributed by atoms with Crippen LogP contribution in [0.2, 0.25) is 0 Å². The Kier molecular flexibility index (Phi) is 6.93. The van der Waals surface area contributed by atoms with Crippen LogP contribution in [0.1, 0.15) is 64.6 Å². The van der Waals surface area contributed by atoms with E-state index in [4.69, 9.17) is 9.15 Å². The van der Waals surface area contributed by atoms with E-state index >= 15 is 4.39 Å². The molecule has 0 amide bonds. The van der Waals surface area contributed by atoms with Gasteiger partial charge in [0.1, 0.15) is 28.7 Å². The lowest BCUT2D eigenvalue weighted by Gasteiger charge is -2.17. The van der Waals surface area contributed by atoms with Crippen molar-refractivity contribution in [2.75, 3.05) is 7.11 Å². The molecule has 1 fully saturated rings. The minimum Gasteiger partial charge on any atom is -0.496 e. The number of fused-ring (bicyclic) bond motifs is 1. The van der Waals surface area contributed by atoms with Crippen LogP contribution < -0.4 is 4.74 Å². The number of methoxy groups -OCH3 is 1. The number of aryl methyl sites for hydroxylation is 1. The quantitative estimate of drug-likeness (QED) is 0.168. The highest BCUT2D eigenvalue weighted by molar-refractivity contribution is 6.13. The second-order valence-electron chi connectivity index (χ2n) is 10.7. The third-order valence-corrected chi connectivity index (χ3v) is 8.10. The van der Waals surface area contributed by atoms with Crippen LogP contribution in [0.4, 0.5) is 8.78 Å². The van der Waals surface area contributed by atoms with Crippen LogP contribution in [0, 0.1) is 18.6 Å². The molecule has 0 bridgehead atoms. The van der Waals surface area contributed by atoms with Gasteiger partial charge in [-0.3, -0.25) is 19.6 Å². The van der Waals surface area contributed by atoms with Gasteiger partial charge in [-0.1, -0.05) is 6.92 Å². The van der Waals surface area contributed by atoms with E-state index in [9.17, 15) is 14.0 Å². The maximum Gasteiger partial charge on any atom is 0.167 e. The molecule has 2 aromatic heterocycles. The fourth-order valence-corrected chi connectivity index (χ4v) is 5.61. The highest BCUT2D eigenvalue weighted by Gasteiger charge is 2.47. The van der Waals surface area contributed by atoms with Gasteiger partial charge in [0.05, 0.1) is 29.3 Å². The number of ether oxygens (including phenoxy) is 1. The summed E-state index contributed by atoms with van der Waals surface area (Å²) in [6.45, 7) is 3.51. The number of furan rings is 1. The van der Waals surface area contributed by atoms with E-state index in [0.717, 1.165) is 18.5 Å². The molecule has 0 spiro atoms. The van der Waals surface area contributed by atoms with Crippen molar-refractivity contribution in [2.24, 2.45) is 0 Å². The molecule has 5 aromatic rings. The van der Waals surface area contributed by atoms with E-state index in [2.05, 4.69) is 9.97 Å². The summed E-state index contributed by atoms with van der Waals surface area (Å²) in [5.74, 6) is -0.912. The SMILES string of the molecule is CCC(=O)c1c(-c2ccc(F)cc2)oc2ccc(-c3cc(C(=O)CC4(c5cnccn5)CC4)c(OC)cc3C)c(F)c12. The lowest BCUT2D eigenvalue weighted by atomic mass is 9.89. The largest absolute Gasteiger partial charge is 0.496 e. The zero-order chi connectivity index (χ0) is 29.6. The van der Waals surface area contributed by atoms with Crippen molar-refractivity contribution in [3.05, 3.63) is 101 Å². The zero-order valence-corrected chi connectivity index (χ0v) is 23.5. The molecule has 3 aromatic carbocycles. The number of hydrogen-bond acceptors (Lipinski definition) is 6. The molecule has 2 heterocycles. The first kappa shape index (κ1) is 27.4. The standard InChI is InChI=1S/C34H28F2N2O4/c1-4-25(39)30-31-27(42-33(30)20-5-7-21(35)8-6-20)10-9-22(32(31)36)23-16-24(28(41-3)15-19(23)2)26(40)17-34(11-12-34)29-18-37-13-14-38-29/h5-10,13-16,18H,4,11-12,17H2,1-3H3. The van der Waals surface area contributed by atoms with Crippen LogP contribution in [0.25, 0.3) is 33.4 Å². The summed E-state index contributed by atoms with van der Waals surface area (Å²) in [5.41, 5.74) is 2.97. The smallest absolute Gasteiger partial charge is 0.167 e. The minimum absolute atomic E-state index is 0.0568. The molecule has 0 atom stereocenters. The highest BCUT2D eigenvalue weighted by atomic mass is 19.1. The summed E-state index contributed by atoms with van der Waals surface area (Å²) in [7, 11) is 1.50. The molecule has 0 radical (unpaired) electrons. The maximum absolute atomic E-state index is 16.5. The maximum atomic E-state index is 16.5. The molecule has 0 saturated heterocycles. The second kappa shape index (κ2) is 10.6. The van der Waals surface area contributed by atoms with Crippen molar-refractivity contribution in [2.45, 2.75) is 44.9 Å². The molecule has 0 N–H and O–H groups in total. The lowest BCUT2D eigenvalue weighted by molar-refractivity contribution is 0.0963. The molecule has 212 valence electrons. The van der Waals surface area contributed by atoms with Crippen molar-refractivity contribution >= 4 is 22.5 Å². The predicted molar refractivity (Wildman–Crippen MR) is 155 cm³/mol. The number of benzene rings is 3. The summed E-state index contributed by atoms with van der Waals surface area (Å²) < 4.78 is 41.7. The molecule has 8 heteroatoms.